The average molecular weight is 382 g/mol. The van der Waals surface area contributed by atoms with Crippen molar-refractivity contribution in [2.75, 3.05) is 6.26 Å². The van der Waals surface area contributed by atoms with Crippen LogP contribution in [0.4, 0.5) is 0 Å². The summed E-state index contributed by atoms with van der Waals surface area (Å²) in [5, 5.41) is 5.78. The number of aryl methyl sites for hydroxylation is 2. The largest absolute Gasteiger partial charge is 0.283 e. The average Bonchev–Trinajstić information content (AvgIpc) is 3.05. The van der Waals surface area contributed by atoms with Crippen LogP contribution >= 0.6 is 23.1 Å². The van der Waals surface area contributed by atoms with E-state index in [1.807, 2.05) is 48.7 Å². The zero-order chi connectivity index (χ0) is 17.9. The van der Waals surface area contributed by atoms with E-state index in [4.69, 9.17) is 4.98 Å². The molecule has 0 saturated heterocycles. The van der Waals surface area contributed by atoms with Crippen molar-refractivity contribution >= 4 is 45.6 Å². The Morgan fingerprint density at radius 2 is 2.04 bits per heavy atom. The number of aromatic nitrogens is 2. The van der Waals surface area contributed by atoms with Crippen molar-refractivity contribution in [2.45, 2.75) is 30.8 Å². The fourth-order valence-electron chi connectivity index (χ4n) is 3.24. The monoisotopic (exact) mass is 381 g/mol. The fourth-order valence-corrected chi connectivity index (χ4v) is 5.03. The second-order valence-corrected chi connectivity index (χ2v) is 8.00. The fraction of sp³-hybridized carbons (Fsp3) is 0.250. The molecule has 0 spiro atoms. The van der Waals surface area contributed by atoms with E-state index in [1.165, 1.54) is 33.3 Å². The molecule has 2 heterocycles. The number of benzene rings is 1. The van der Waals surface area contributed by atoms with Gasteiger partial charge in [0.2, 0.25) is 0 Å². The predicted octanol–water partition coefficient (Wildman–Crippen LogP) is 4.61. The summed E-state index contributed by atoms with van der Waals surface area (Å²) in [6.07, 6.45) is 11.8. The molecule has 0 saturated carbocycles. The van der Waals surface area contributed by atoms with Gasteiger partial charge in [0.25, 0.3) is 5.56 Å². The van der Waals surface area contributed by atoms with Crippen LogP contribution in [0.5, 0.6) is 0 Å². The van der Waals surface area contributed by atoms with Crippen molar-refractivity contribution in [3.63, 3.8) is 0 Å². The minimum Gasteiger partial charge on any atom is -0.267 e. The number of hydrogen-bond acceptors (Lipinski definition) is 5. The van der Waals surface area contributed by atoms with Gasteiger partial charge in [0.05, 0.1) is 5.39 Å². The molecular weight excluding hydrogens is 362 g/mol. The van der Waals surface area contributed by atoms with Crippen LogP contribution in [0.25, 0.3) is 16.3 Å². The smallest absolute Gasteiger partial charge is 0.267 e. The summed E-state index contributed by atoms with van der Waals surface area (Å²) in [4.78, 5) is 20.0. The van der Waals surface area contributed by atoms with E-state index in [1.54, 1.807) is 17.6 Å². The lowest BCUT2D eigenvalue weighted by Gasteiger charge is -2.10. The highest BCUT2D eigenvalue weighted by Crippen LogP contribution is 2.34. The van der Waals surface area contributed by atoms with Crippen LogP contribution in [0.1, 0.15) is 28.8 Å². The van der Waals surface area contributed by atoms with Crippen molar-refractivity contribution in [1.82, 2.24) is 9.66 Å². The Morgan fingerprint density at radius 1 is 1.23 bits per heavy atom. The zero-order valence-electron chi connectivity index (χ0n) is 14.5. The van der Waals surface area contributed by atoms with Gasteiger partial charge in [0.1, 0.15) is 4.83 Å². The van der Waals surface area contributed by atoms with E-state index in [2.05, 4.69) is 5.10 Å². The number of hydrogen-bond donors (Lipinski definition) is 0. The Bertz CT molecular complexity index is 1050. The molecule has 2 aromatic heterocycles. The van der Waals surface area contributed by atoms with Gasteiger partial charge in [0, 0.05) is 11.1 Å². The quantitative estimate of drug-likeness (QED) is 0.377. The highest BCUT2D eigenvalue weighted by atomic mass is 32.2. The van der Waals surface area contributed by atoms with Crippen molar-refractivity contribution in [2.24, 2.45) is 5.10 Å². The molecular formula is C20H19N3OS2. The number of allylic oxidation sites excluding steroid dienone is 1. The summed E-state index contributed by atoms with van der Waals surface area (Å²) in [5.74, 6) is 0. The maximum Gasteiger partial charge on any atom is 0.283 e. The van der Waals surface area contributed by atoms with Gasteiger partial charge in [0.15, 0.2) is 5.16 Å². The molecule has 132 valence electrons. The molecule has 0 atom stereocenters. The molecule has 0 radical (unpaired) electrons. The summed E-state index contributed by atoms with van der Waals surface area (Å²) in [6, 6.07) is 10.0. The van der Waals surface area contributed by atoms with Gasteiger partial charge >= 0.3 is 0 Å². The van der Waals surface area contributed by atoms with Gasteiger partial charge in [-0.15, -0.1) is 11.3 Å². The molecule has 3 aromatic rings. The molecule has 0 bridgehead atoms. The molecule has 6 heteroatoms. The molecule has 0 aliphatic heterocycles. The van der Waals surface area contributed by atoms with E-state index in [0.29, 0.717) is 5.16 Å². The van der Waals surface area contributed by atoms with Gasteiger partial charge < -0.3 is 0 Å². The van der Waals surface area contributed by atoms with Crippen molar-refractivity contribution in [3.05, 3.63) is 62.8 Å². The maximum atomic E-state index is 13.1. The Hall–Kier alpha value is -2.18. The lowest BCUT2D eigenvalue weighted by atomic mass is 9.97. The lowest BCUT2D eigenvalue weighted by Crippen LogP contribution is -2.20. The van der Waals surface area contributed by atoms with Gasteiger partial charge in [-0.2, -0.15) is 9.78 Å². The first-order chi connectivity index (χ1) is 12.8. The normalized spacial score (nSPS) is 14.5. The van der Waals surface area contributed by atoms with Crippen LogP contribution < -0.4 is 5.56 Å². The zero-order valence-corrected chi connectivity index (χ0v) is 16.1. The third-order valence-corrected chi connectivity index (χ3v) is 6.29. The van der Waals surface area contributed by atoms with Crippen LogP contribution in [0.3, 0.4) is 0 Å². The van der Waals surface area contributed by atoms with Crippen LogP contribution in [0.15, 0.2) is 51.5 Å². The summed E-state index contributed by atoms with van der Waals surface area (Å²) in [5.41, 5.74) is 2.24. The summed E-state index contributed by atoms with van der Waals surface area (Å²) < 4.78 is 1.43. The number of thioether (sulfide) groups is 1. The van der Waals surface area contributed by atoms with Gasteiger partial charge in [-0.25, -0.2) is 4.98 Å². The first-order valence-electron chi connectivity index (χ1n) is 8.65. The summed E-state index contributed by atoms with van der Waals surface area (Å²) >= 11 is 3.12. The van der Waals surface area contributed by atoms with E-state index in [9.17, 15) is 4.79 Å². The number of rotatable bonds is 4. The highest BCUT2D eigenvalue weighted by molar-refractivity contribution is 7.98. The molecule has 1 aliphatic carbocycles. The van der Waals surface area contributed by atoms with E-state index < -0.39 is 0 Å². The van der Waals surface area contributed by atoms with Crippen molar-refractivity contribution in [3.8, 4) is 0 Å². The van der Waals surface area contributed by atoms with E-state index in [-0.39, 0.29) is 5.56 Å². The lowest BCUT2D eigenvalue weighted by molar-refractivity contribution is 0.691. The molecule has 26 heavy (non-hydrogen) atoms. The second-order valence-electron chi connectivity index (χ2n) is 6.14. The van der Waals surface area contributed by atoms with Crippen LogP contribution in [-0.2, 0) is 12.8 Å². The molecule has 0 amide bonds. The summed E-state index contributed by atoms with van der Waals surface area (Å²) in [6.45, 7) is 0. The molecule has 0 N–H and O–H groups in total. The minimum absolute atomic E-state index is 0.0527. The first-order valence-corrected chi connectivity index (χ1v) is 10.7. The minimum atomic E-state index is -0.0527. The van der Waals surface area contributed by atoms with Crippen molar-refractivity contribution in [1.29, 1.82) is 0 Å². The van der Waals surface area contributed by atoms with E-state index in [0.717, 1.165) is 35.0 Å². The number of fused-ring (bicyclic) bond motifs is 3. The standard InChI is InChI=1S/C20H19N3OS2/c1-25-20-22-18-17(15-11-5-6-12-16(15)26-18)19(24)23(20)21-13-7-10-14-8-3-2-4-9-14/h2-4,7-10,13H,5-6,11-12H2,1H3/b10-7+,21-13+. The molecule has 4 nitrogen and oxygen atoms in total. The van der Waals surface area contributed by atoms with E-state index >= 15 is 0 Å². The van der Waals surface area contributed by atoms with Crippen molar-refractivity contribution < 1.29 is 0 Å². The number of thiophene rings is 1. The highest BCUT2D eigenvalue weighted by Gasteiger charge is 2.21. The van der Waals surface area contributed by atoms with Gasteiger partial charge in [-0.05, 0) is 49.1 Å². The molecule has 4 rings (SSSR count). The summed E-state index contributed by atoms with van der Waals surface area (Å²) in [7, 11) is 0. The Morgan fingerprint density at radius 3 is 2.85 bits per heavy atom. The Kier molecular flexibility index (Phi) is 5.04. The predicted molar refractivity (Wildman–Crippen MR) is 112 cm³/mol. The second kappa shape index (κ2) is 7.60. The molecule has 0 unspecified atom stereocenters. The molecule has 0 fully saturated rings. The Balaban J connectivity index is 1.74. The molecule has 1 aromatic carbocycles. The van der Waals surface area contributed by atoms with Crippen LogP contribution in [-0.4, -0.2) is 22.1 Å². The molecule has 1 aliphatic rings. The first kappa shape index (κ1) is 17.2. The maximum absolute atomic E-state index is 13.1. The Labute approximate surface area is 160 Å². The third kappa shape index (κ3) is 3.27. The third-order valence-electron chi connectivity index (χ3n) is 4.48. The van der Waals surface area contributed by atoms with Gasteiger partial charge in [-0.3, -0.25) is 4.79 Å². The SMILES string of the molecule is CSc1nc2sc3c(c2c(=O)n1/N=C/C=C/c1ccccc1)CCCC3. The topological polar surface area (TPSA) is 47.2 Å². The van der Waals surface area contributed by atoms with Crippen LogP contribution in [0.2, 0.25) is 0 Å². The number of nitrogens with zero attached hydrogens (tertiary/aromatic N) is 3. The van der Waals surface area contributed by atoms with Gasteiger partial charge in [-0.1, -0.05) is 48.2 Å². The van der Waals surface area contributed by atoms with Crippen LogP contribution in [0, 0.1) is 0 Å².